The highest BCUT2D eigenvalue weighted by molar-refractivity contribution is 6.01. The van der Waals surface area contributed by atoms with Crippen LogP contribution >= 0.6 is 0 Å². The number of rotatable bonds is 4. The zero-order valence-corrected chi connectivity index (χ0v) is 11.8. The van der Waals surface area contributed by atoms with E-state index in [9.17, 15) is 9.59 Å². The monoisotopic (exact) mass is 290 g/mol. The van der Waals surface area contributed by atoms with E-state index in [4.69, 9.17) is 19.3 Å². The summed E-state index contributed by atoms with van der Waals surface area (Å²) in [5.41, 5.74) is 0.00839. The number of methoxy groups -OCH3 is 2. The molecule has 0 unspecified atom stereocenters. The van der Waals surface area contributed by atoms with Gasteiger partial charge in [0.25, 0.3) is 0 Å². The summed E-state index contributed by atoms with van der Waals surface area (Å²) in [7, 11) is 2.96. The van der Waals surface area contributed by atoms with E-state index in [1.807, 2.05) is 0 Å². The Morgan fingerprint density at radius 1 is 1.00 bits per heavy atom. The van der Waals surface area contributed by atoms with Crippen LogP contribution in [0.2, 0.25) is 0 Å². The van der Waals surface area contributed by atoms with Gasteiger partial charge in [0.2, 0.25) is 0 Å². The van der Waals surface area contributed by atoms with Crippen LogP contribution in [0.1, 0.15) is 17.3 Å². The maximum Gasteiger partial charge on any atom is 0.335 e. The number of benzene rings is 2. The number of aromatic carboxylic acids is 1. The first kappa shape index (κ1) is 14.6. The standard InChI is InChI=1S/C15H14O6/c1-8(16)21-13-6-10(15(17)18)4-9-5-11(19-2)7-12(20-3)14(9)13/h4-7H,1-3H3,(H,17,18). The van der Waals surface area contributed by atoms with Gasteiger partial charge in [0.1, 0.15) is 17.2 Å². The molecule has 0 saturated carbocycles. The molecule has 21 heavy (non-hydrogen) atoms. The van der Waals surface area contributed by atoms with E-state index < -0.39 is 11.9 Å². The Morgan fingerprint density at radius 2 is 1.71 bits per heavy atom. The van der Waals surface area contributed by atoms with E-state index in [1.165, 1.54) is 33.3 Å². The Balaban J connectivity index is 2.83. The molecule has 0 heterocycles. The number of carboxylic acids is 1. The lowest BCUT2D eigenvalue weighted by atomic mass is 10.0. The molecule has 0 fully saturated rings. The maximum atomic E-state index is 11.2. The fraction of sp³-hybridized carbons (Fsp3) is 0.200. The average molecular weight is 290 g/mol. The summed E-state index contributed by atoms with van der Waals surface area (Å²) >= 11 is 0. The van der Waals surface area contributed by atoms with E-state index >= 15 is 0 Å². The summed E-state index contributed by atoms with van der Waals surface area (Å²) in [6, 6.07) is 6.05. The Morgan fingerprint density at radius 3 is 2.24 bits per heavy atom. The molecule has 0 saturated heterocycles. The lowest BCUT2D eigenvalue weighted by molar-refractivity contribution is -0.131. The number of ether oxygens (including phenoxy) is 3. The third kappa shape index (κ3) is 2.89. The van der Waals surface area contributed by atoms with Crippen molar-refractivity contribution >= 4 is 22.7 Å². The normalized spacial score (nSPS) is 10.2. The first-order valence-electron chi connectivity index (χ1n) is 6.07. The number of esters is 1. The van der Waals surface area contributed by atoms with Crippen molar-refractivity contribution in [1.82, 2.24) is 0 Å². The number of carbonyl (C=O) groups is 2. The highest BCUT2D eigenvalue weighted by atomic mass is 16.5. The SMILES string of the molecule is COc1cc(OC)c2c(OC(C)=O)cc(C(=O)O)cc2c1. The summed E-state index contributed by atoms with van der Waals surface area (Å²) in [6.45, 7) is 1.25. The molecule has 0 aromatic heterocycles. The largest absolute Gasteiger partial charge is 0.497 e. The van der Waals surface area contributed by atoms with Gasteiger partial charge in [-0.2, -0.15) is 0 Å². The topological polar surface area (TPSA) is 82.1 Å². The Bertz CT molecular complexity index is 720. The summed E-state index contributed by atoms with van der Waals surface area (Å²) in [6.07, 6.45) is 0. The van der Waals surface area contributed by atoms with Crippen molar-refractivity contribution in [2.45, 2.75) is 6.92 Å². The number of fused-ring (bicyclic) bond motifs is 1. The van der Waals surface area contributed by atoms with Gasteiger partial charge >= 0.3 is 11.9 Å². The highest BCUT2D eigenvalue weighted by Gasteiger charge is 2.16. The van der Waals surface area contributed by atoms with Crippen molar-refractivity contribution in [1.29, 1.82) is 0 Å². The second-order valence-corrected chi connectivity index (χ2v) is 4.30. The average Bonchev–Trinajstić information content (AvgIpc) is 2.44. The van der Waals surface area contributed by atoms with Gasteiger partial charge in [0.15, 0.2) is 0 Å². The van der Waals surface area contributed by atoms with Gasteiger partial charge in [-0.15, -0.1) is 0 Å². The van der Waals surface area contributed by atoms with Gasteiger partial charge in [-0.25, -0.2) is 4.79 Å². The summed E-state index contributed by atoms with van der Waals surface area (Å²) in [5.74, 6) is -0.589. The minimum absolute atomic E-state index is 0.00839. The molecule has 0 radical (unpaired) electrons. The van der Waals surface area contributed by atoms with Crippen LogP contribution in [0, 0.1) is 0 Å². The van der Waals surface area contributed by atoms with Gasteiger partial charge in [-0.3, -0.25) is 4.79 Å². The van der Waals surface area contributed by atoms with Gasteiger partial charge < -0.3 is 19.3 Å². The number of hydrogen-bond donors (Lipinski definition) is 1. The van der Waals surface area contributed by atoms with Gasteiger partial charge in [0, 0.05) is 13.0 Å². The van der Waals surface area contributed by atoms with E-state index in [1.54, 1.807) is 12.1 Å². The van der Waals surface area contributed by atoms with Gasteiger partial charge in [0.05, 0.1) is 25.2 Å². The fourth-order valence-corrected chi connectivity index (χ4v) is 2.05. The third-order valence-electron chi connectivity index (χ3n) is 2.91. The third-order valence-corrected chi connectivity index (χ3v) is 2.91. The zero-order valence-electron chi connectivity index (χ0n) is 11.8. The van der Waals surface area contributed by atoms with Crippen molar-refractivity contribution in [3.63, 3.8) is 0 Å². The first-order valence-corrected chi connectivity index (χ1v) is 6.07. The Kier molecular flexibility index (Phi) is 3.98. The second-order valence-electron chi connectivity index (χ2n) is 4.30. The minimum atomic E-state index is -1.12. The quantitative estimate of drug-likeness (QED) is 0.688. The van der Waals surface area contributed by atoms with Crippen LogP contribution in [0.4, 0.5) is 0 Å². The van der Waals surface area contributed by atoms with Crippen LogP contribution in [0.5, 0.6) is 17.2 Å². The molecule has 0 aliphatic rings. The molecule has 0 spiro atoms. The molecule has 1 N–H and O–H groups in total. The molecule has 0 bridgehead atoms. The first-order chi connectivity index (χ1) is 9.96. The predicted molar refractivity (Wildman–Crippen MR) is 75.3 cm³/mol. The molecular weight excluding hydrogens is 276 g/mol. The van der Waals surface area contributed by atoms with Crippen LogP contribution in [-0.4, -0.2) is 31.3 Å². The molecule has 2 aromatic carbocycles. The van der Waals surface area contributed by atoms with E-state index in [-0.39, 0.29) is 11.3 Å². The zero-order chi connectivity index (χ0) is 15.6. The summed E-state index contributed by atoms with van der Waals surface area (Å²) in [5, 5.41) is 10.2. The number of hydrogen-bond acceptors (Lipinski definition) is 5. The van der Waals surface area contributed by atoms with Crippen LogP contribution in [0.25, 0.3) is 10.8 Å². The molecule has 0 atom stereocenters. The van der Waals surface area contributed by atoms with Gasteiger partial charge in [-0.1, -0.05) is 0 Å². The van der Waals surface area contributed by atoms with Crippen molar-refractivity contribution in [3.05, 3.63) is 29.8 Å². The molecule has 0 aliphatic heterocycles. The van der Waals surface area contributed by atoms with Gasteiger partial charge in [-0.05, 0) is 23.6 Å². The molecule has 6 nitrogen and oxygen atoms in total. The summed E-state index contributed by atoms with van der Waals surface area (Å²) < 4.78 is 15.5. The van der Waals surface area contributed by atoms with Crippen molar-refractivity contribution in [2.75, 3.05) is 14.2 Å². The highest BCUT2D eigenvalue weighted by Crippen LogP contribution is 2.38. The number of carbonyl (C=O) groups excluding carboxylic acids is 1. The molecule has 0 aliphatic carbocycles. The van der Waals surface area contributed by atoms with Crippen molar-refractivity contribution in [2.24, 2.45) is 0 Å². The van der Waals surface area contributed by atoms with Crippen LogP contribution in [0.15, 0.2) is 24.3 Å². The van der Waals surface area contributed by atoms with Crippen LogP contribution in [-0.2, 0) is 4.79 Å². The molecule has 2 aromatic rings. The van der Waals surface area contributed by atoms with E-state index in [0.29, 0.717) is 22.3 Å². The lowest BCUT2D eigenvalue weighted by Gasteiger charge is -2.13. The molecule has 2 rings (SSSR count). The molecule has 6 heteroatoms. The molecular formula is C15H14O6. The smallest absolute Gasteiger partial charge is 0.335 e. The lowest BCUT2D eigenvalue weighted by Crippen LogP contribution is -2.05. The maximum absolute atomic E-state index is 11.2. The summed E-state index contributed by atoms with van der Waals surface area (Å²) in [4.78, 5) is 22.4. The second kappa shape index (κ2) is 5.70. The van der Waals surface area contributed by atoms with Crippen LogP contribution in [0.3, 0.4) is 0 Å². The predicted octanol–water partition coefficient (Wildman–Crippen LogP) is 2.48. The van der Waals surface area contributed by atoms with Crippen molar-refractivity contribution in [3.8, 4) is 17.2 Å². The minimum Gasteiger partial charge on any atom is -0.497 e. The Labute approximate surface area is 120 Å². The van der Waals surface area contributed by atoms with Crippen molar-refractivity contribution < 1.29 is 28.9 Å². The molecule has 0 amide bonds. The number of carboxylic acid groups (broad SMARTS) is 1. The van der Waals surface area contributed by atoms with E-state index in [2.05, 4.69) is 0 Å². The Hall–Kier alpha value is -2.76. The fourth-order valence-electron chi connectivity index (χ4n) is 2.05. The van der Waals surface area contributed by atoms with E-state index in [0.717, 1.165) is 0 Å². The molecule has 110 valence electrons. The van der Waals surface area contributed by atoms with Crippen LogP contribution < -0.4 is 14.2 Å².